The van der Waals surface area contributed by atoms with Crippen molar-refractivity contribution in [1.29, 1.82) is 0 Å². The molecule has 1 aliphatic carbocycles. The third kappa shape index (κ3) is 5.91. The number of methoxy groups -OCH3 is 1. The highest BCUT2D eigenvalue weighted by Gasteiger charge is 2.45. The van der Waals surface area contributed by atoms with E-state index >= 15 is 0 Å². The average Bonchev–Trinajstić information content (AvgIpc) is 3.46. The summed E-state index contributed by atoms with van der Waals surface area (Å²) in [6.07, 6.45) is 2.00. The number of hydrogen-bond donors (Lipinski definition) is 2. The molecule has 0 unspecified atom stereocenters. The Kier molecular flexibility index (Phi) is 8.69. The summed E-state index contributed by atoms with van der Waals surface area (Å²) < 4.78 is 19.4. The number of guanidine groups is 1. The fourth-order valence-corrected chi connectivity index (χ4v) is 3.33. The van der Waals surface area contributed by atoms with Gasteiger partial charge in [0.15, 0.2) is 5.96 Å². The molecule has 0 radical (unpaired) electrons. The van der Waals surface area contributed by atoms with Crippen molar-refractivity contribution in [3.63, 3.8) is 0 Å². The van der Waals surface area contributed by atoms with Crippen LogP contribution in [0.1, 0.15) is 36.5 Å². The van der Waals surface area contributed by atoms with Gasteiger partial charge in [-0.3, -0.25) is 0 Å². The molecule has 1 aliphatic rings. The number of halogens is 2. The second kappa shape index (κ2) is 10.8. The van der Waals surface area contributed by atoms with Gasteiger partial charge in [0, 0.05) is 25.6 Å². The van der Waals surface area contributed by atoms with E-state index in [1.807, 2.05) is 31.2 Å². The van der Waals surface area contributed by atoms with Gasteiger partial charge >= 0.3 is 0 Å². The van der Waals surface area contributed by atoms with E-state index in [-0.39, 0.29) is 35.2 Å². The lowest BCUT2D eigenvalue weighted by Gasteiger charge is -2.19. The van der Waals surface area contributed by atoms with Gasteiger partial charge in [-0.1, -0.05) is 42.5 Å². The van der Waals surface area contributed by atoms with Gasteiger partial charge in [-0.05, 0) is 42.5 Å². The lowest BCUT2D eigenvalue weighted by molar-refractivity contribution is 0.185. The van der Waals surface area contributed by atoms with Crippen molar-refractivity contribution in [1.82, 2.24) is 10.6 Å². The van der Waals surface area contributed by atoms with Gasteiger partial charge in [0.25, 0.3) is 0 Å². The normalized spacial score (nSPS) is 14.9. The molecule has 2 aromatic carbocycles. The average molecular weight is 497 g/mol. The van der Waals surface area contributed by atoms with Gasteiger partial charge in [0.1, 0.15) is 5.82 Å². The minimum Gasteiger partial charge on any atom is -0.380 e. The molecule has 1 saturated carbocycles. The molecule has 28 heavy (non-hydrogen) atoms. The lowest BCUT2D eigenvalue weighted by atomic mass is 9.95. The van der Waals surface area contributed by atoms with Crippen molar-refractivity contribution < 1.29 is 9.13 Å². The Morgan fingerprint density at radius 2 is 1.86 bits per heavy atom. The highest BCUT2D eigenvalue weighted by atomic mass is 127. The van der Waals surface area contributed by atoms with Crippen LogP contribution in [-0.4, -0.2) is 26.2 Å². The minimum atomic E-state index is -0.117. The highest BCUT2D eigenvalue weighted by molar-refractivity contribution is 14.0. The van der Waals surface area contributed by atoms with E-state index in [4.69, 9.17) is 9.73 Å². The van der Waals surface area contributed by atoms with Crippen molar-refractivity contribution in [2.75, 3.05) is 20.2 Å². The Morgan fingerprint density at radius 1 is 1.11 bits per heavy atom. The zero-order valence-corrected chi connectivity index (χ0v) is 18.8. The number of nitrogens with zero attached hydrogens (tertiary/aromatic N) is 1. The molecule has 3 rings (SSSR count). The summed E-state index contributed by atoms with van der Waals surface area (Å²) in [5.41, 5.74) is 2.97. The van der Waals surface area contributed by atoms with E-state index in [9.17, 15) is 4.39 Å². The molecule has 2 aromatic rings. The van der Waals surface area contributed by atoms with E-state index in [0.29, 0.717) is 19.7 Å². The summed E-state index contributed by atoms with van der Waals surface area (Å²) in [5.74, 6) is 0.644. The van der Waals surface area contributed by atoms with E-state index in [2.05, 4.69) is 22.8 Å². The fourth-order valence-electron chi connectivity index (χ4n) is 3.33. The van der Waals surface area contributed by atoms with Crippen LogP contribution in [0.5, 0.6) is 0 Å². The number of ether oxygens (including phenoxy) is 1. The summed E-state index contributed by atoms with van der Waals surface area (Å²) in [7, 11) is 1.70. The van der Waals surface area contributed by atoms with Crippen molar-refractivity contribution >= 4 is 29.9 Å². The Labute approximate surface area is 184 Å². The predicted octanol–water partition coefficient (Wildman–Crippen LogP) is 4.38. The van der Waals surface area contributed by atoms with Crippen LogP contribution in [-0.2, 0) is 23.3 Å². The molecule has 1 fully saturated rings. The molecule has 4 nitrogen and oxygen atoms in total. The van der Waals surface area contributed by atoms with Gasteiger partial charge in [0.2, 0.25) is 0 Å². The third-order valence-electron chi connectivity index (χ3n) is 4.96. The molecule has 0 spiro atoms. The topological polar surface area (TPSA) is 45.7 Å². The van der Waals surface area contributed by atoms with Gasteiger partial charge in [0.05, 0.1) is 13.2 Å². The Hall–Kier alpha value is -1.67. The first kappa shape index (κ1) is 22.6. The molecule has 2 N–H and O–H groups in total. The number of hydrogen-bond acceptors (Lipinski definition) is 2. The van der Waals surface area contributed by atoms with Crippen LogP contribution in [0.15, 0.2) is 53.5 Å². The fraction of sp³-hybridized carbons (Fsp3) is 0.409. The molecule has 0 aromatic heterocycles. The zero-order valence-electron chi connectivity index (χ0n) is 16.5. The van der Waals surface area contributed by atoms with E-state index < -0.39 is 0 Å². The molecule has 0 amide bonds. The minimum absolute atomic E-state index is 0. The van der Waals surface area contributed by atoms with Crippen molar-refractivity contribution in [3.05, 3.63) is 71.0 Å². The van der Waals surface area contributed by atoms with Crippen LogP contribution in [0.2, 0.25) is 0 Å². The van der Waals surface area contributed by atoms with Crippen LogP contribution in [0.3, 0.4) is 0 Å². The van der Waals surface area contributed by atoms with E-state index in [1.165, 1.54) is 0 Å². The molecule has 152 valence electrons. The maximum absolute atomic E-state index is 14.2. The summed E-state index contributed by atoms with van der Waals surface area (Å²) in [6.45, 7) is 4.69. The quantitative estimate of drug-likeness (QED) is 0.324. The Bertz CT molecular complexity index is 793. The number of aliphatic imine (C=N–C) groups is 1. The maximum atomic E-state index is 14.2. The SMILES string of the molecule is CCNC(=NCc1cccc(COC)c1)NCC1(c2ccccc2F)CC1.I. The second-order valence-electron chi connectivity index (χ2n) is 7.06. The molecule has 0 aliphatic heterocycles. The monoisotopic (exact) mass is 497 g/mol. The van der Waals surface area contributed by atoms with Gasteiger partial charge < -0.3 is 15.4 Å². The van der Waals surface area contributed by atoms with Crippen LogP contribution in [0.4, 0.5) is 4.39 Å². The lowest BCUT2D eigenvalue weighted by Crippen LogP contribution is -2.41. The van der Waals surface area contributed by atoms with Crippen LogP contribution in [0.25, 0.3) is 0 Å². The standard InChI is InChI=1S/C22H28FN3O.HI/c1-3-24-21(25-14-17-7-6-8-18(13-17)15-27-2)26-16-22(11-12-22)19-9-4-5-10-20(19)23;/h4-10,13H,3,11-12,14-16H2,1-2H3,(H2,24,25,26);1H. The van der Waals surface area contributed by atoms with Crippen molar-refractivity contribution in [2.24, 2.45) is 4.99 Å². The van der Waals surface area contributed by atoms with Crippen LogP contribution >= 0.6 is 24.0 Å². The smallest absolute Gasteiger partial charge is 0.191 e. The molecule has 0 atom stereocenters. The Balaban J connectivity index is 0.00000280. The zero-order chi connectivity index (χ0) is 19.1. The Morgan fingerprint density at radius 3 is 2.54 bits per heavy atom. The number of benzene rings is 2. The molecule has 0 heterocycles. The first-order chi connectivity index (χ1) is 13.2. The van der Waals surface area contributed by atoms with E-state index in [1.54, 1.807) is 19.2 Å². The highest BCUT2D eigenvalue weighted by Crippen LogP contribution is 2.48. The summed E-state index contributed by atoms with van der Waals surface area (Å²) in [5, 5.41) is 6.69. The maximum Gasteiger partial charge on any atom is 0.191 e. The first-order valence-corrected chi connectivity index (χ1v) is 9.51. The second-order valence-corrected chi connectivity index (χ2v) is 7.06. The molecular formula is C22H29FIN3O. The van der Waals surface area contributed by atoms with Gasteiger partial charge in [-0.2, -0.15) is 0 Å². The first-order valence-electron chi connectivity index (χ1n) is 9.51. The summed E-state index contributed by atoms with van der Waals surface area (Å²) in [6, 6.07) is 15.3. The van der Waals surface area contributed by atoms with Gasteiger partial charge in [-0.25, -0.2) is 9.38 Å². The number of rotatable bonds is 8. The predicted molar refractivity (Wildman–Crippen MR) is 123 cm³/mol. The van der Waals surface area contributed by atoms with Crippen molar-refractivity contribution in [2.45, 2.75) is 38.3 Å². The summed E-state index contributed by atoms with van der Waals surface area (Å²) in [4.78, 5) is 4.69. The molecular weight excluding hydrogens is 468 g/mol. The third-order valence-corrected chi connectivity index (χ3v) is 4.96. The molecule has 6 heteroatoms. The largest absolute Gasteiger partial charge is 0.380 e. The molecule has 0 bridgehead atoms. The molecule has 0 saturated heterocycles. The van der Waals surface area contributed by atoms with E-state index in [0.717, 1.165) is 42.0 Å². The summed E-state index contributed by atoms with van der Waals surface area (Å²) >= 11 is 0. The van der Waals surface area contributed by atoms with Crippen LogP contribution in [0, 0.1) is 5.82 Å². The van der Waals surface area contributed by atoms with Crippen LogP contribution < -0.4 is 10.6 Å². The van der Waals surface area contributed by atoms with Gasteiger partial charge in [-0.15, -0.1) is 24.0 Å². The van der Waals surface area contributed by atoms with Crippen molar-refractivity contribution in [3.8, 4) is 0 Å². The number of nitrogens with one attached hydrogen (secondary N) is 2.